The standard InChI is InChI=1S/C13H15N5O3/c1-2-11-15-12(17-16-11)13(19)14-8-7-9-3-5-10(6-4-9)18(20)21/h3-6H,2,7-8H2,1H3,(H,14,19)(H,15,16,17). The Morgan fingerprint density at radius 2 is 2.10 bits per heavy atom. The molecule has 2 aromatic rings. The topological polar surface area (TPSA) is 114 Å². The van der Waals surface area contributed by atoms with Crippen molar-refractivity contribution < 1.29 is 9.72 Å². The van der Waals surface area contributed by atoms with E-state index in [-0.39, 0.29) is 17.4 Å². The Balaban J connectivity index is 1.83. The van der Waals surface area contributed by atoms with Crippen molar-refractivity contribution in [2.24, 2.45) is 0 Å². The monoisotopic (exact) mass is 289 g/mol. The molecule has 2 rings (SSSR count). The first kappa shape index (κ1) is 14.6. The van der Waals surface area contributed by atoms with Crippen LogP contribution in [-0.2, 0) is 12.8 Å². The summed E-state index contributed by atoms with van der Waals surface area (Å²) >= 11 is 0. The van der Waals surface area contributed by atoms with Gasteiger partial charge in [0.15, 0.2) is 0 Å². The maximum Gasteiger partial charge on any atom is 0.290 e. The van der Waals surface area contributed by atoms with Gasteiger partial charge in [0.05, 0.1) is 4.92 Å². The van der Waals surface area contributed by atoms with E-state index in [0.29, 0.717) is 25.2 Å². The molecule has 0 saturated carbocycles. The van der Waals surface area contributed by atoms with Gasteiger partial charge in [-0.3, -0.25) is 20.0 Å². The van der Waals surface area contributed by atoms with Gasteiger partial charge < -0.3 is 5.32 Å². The molecule has 0 fully saturated rings. The first-order chi connectivity index (χ1) is 10.1. The fourth-order valence-corrected chi connectivity index (χ4v) is 1.74. The Morgan fingerprint density at radius 3 is 2.67 bits per heavy atom. The predicted octanol–water partition coefficient (Wildman–Crippen LogP) is 1.25. The zero-order chi connectivity index (χ0) is 15.2. The summed E-state index contributed by atoms with van der Waals surface area (Å²) < 4.78 is 0. The number of nitrogens with zero attached hydrogens (tertiary/aromatic N) is 3. The molecule has 0 radical (unpaired) electrons. The minimum atomic E-state index is -0.444. The molecule has 1 heterocycles. The Bertz CT molecular complexity index is 636. The Morgan fingerprint density at radius 1 is 1.38 bits per heavy atom. The number of nitro benzene ring substituents is 1. The van der Waals surface area contributed by atoms with Crippen molar-refractivity contribution in [3.8, 4) is 0 Å². The van der Waals surface area contributed by atoms with Gasteiger partial charge in [-0.2, -0.15) is 0 Å². The second kappa shape index (κ2) is 6.60. The number of amides is 1. The average Bonchev–Trinajstić information content (AvgIpc) is 2.96. The van der Waals surface area contributed by atoms with E-state index >= 15 is 0 Å². The molecule has 0 aliphatic carbocycles. The number of benzene rings is 1. The summed E-state index contributed by atoms with van der Waals surface area (Å²) in [5, 5.41) is 19.7. The molecule has 8 heteroatoms. The maximum absolute atomic E-state index is 11.8. The van der Waals surface area contributed by atoms with Crippen molar-refractivity contribution in [1.29, 1.82) is 0 Å². The average molecular weight is 289 g/mol. The van der Waals surface area contributed by atoms with Crippen LogP contribution in [-0.4, -0.2) is 32.6 Å². The lowest BCUT2D eigenvalue weighted by Gasteiger charge is -2.02. The number of carbonyl (C=O) groups excluding carboxylic acids is 1. The van der Waals surface area contributed by atoms with Crippen LogP contribution in [0, 0.1) is 10.1 Å². The van der Waals surface area contributed by atoms with Crippen molar-refractivity contribution in [2.75, 3.05) is 6.54 Å². The Hall–Kier alpha value is -2.77. The quantitative estimate of drug-likeness (QED) is 0.613. The molecule has 0 saturated heterocycles. The smallest absolute Gasteiger partial charge is 0.290 e. The van der Waals surface area contributed by atoms with Crippen molar-refractivity contribution in [1.82, 2.24) is 20.5 Å². The van der Waals surface area contributed by atoms with Crippen molar-refractivity contribution in [3.63, 3.8) is 0 Å². The molecule has 1 amide bonds. The third kappa shape index (κ3) is 3.85. The molecular weight excluding hydrogens is 274 g/mol. The Labute approximate surface area is 120 Å². The van der Waals surface area contributed by atoms with Crippen molar-refractivity contribution in [2.45, 2.75) is 19.8 Å². The van der Waals surface area contributed by atoms with Crippen LogP contribution in [0.5, 0.6) is 0 Å². The number of carbonyl (C=O) groups is 1. The second-order valence-electron chi connectivity index (χ2n) is 4.39. The molecule has 8 nitrogen and oxygen atoms in total. The van der Waals surface area contributed by atoms with Crippen LogP contribution in [0.4, 0.5) is 5.69 Å². The molecule has 110 valence electrons. The summed E-state index contributed by atoms with van der Waals surface area (Å²) in [5.41, 5.74) is 0.959. The summed E-state index contributed by atoms with van der Waals surface area (Å²) in [6, 6.07) is 6.23. The van der Waals surface area contributed by atoms with Crippen LogP contribution < -0.4 is 5.32 Å². The molecule has 21 heavy (non-hydrogen) atoms. The van der Waals surface area contributed by atoms with Gasteiger partial charge in [-0.25, -0.2) is 4.98 Å². The summed E-state index contributed by atoms with van der Waals surface area (Å²) in [6.45, 7) is 2.32. The molecule has 0 bridgehead atoms. The van der Waals surface area contributed by atoms with Crippen molar-refractivity contribution in [3.05, 3.63) is 51.6 Å². The summed E-state index contributed by atoms with van der Waals surface area (Å²) in [5.74, 6) is 0.443. The SMILES string of the molecule is CCc1nc(C(=O)NCCc2ccc([N+](=O)[O-])cc2)n[nH]1. The molecule has 0 spiro atoms. The van der Waals surface area contributed by atoms with Gasteiger partial charge in [-0.1, -0.05) is 19.1 Å². The van der Waals surface area contributed by atoms with Gasteiger partial charge in [0, 0.05) is 25.1 Å². The van der Waals surface area contributed by atoms with E-state index < -0.39 is 4.92 Å². The summed E-state index contributed by atoms with van der Waals surface area (Å²) in [7, 11) is 0. The highest BCUT2D eigenvalue weighted by Gasteiger charge is 2.11. The van der Waals surface area contributed by atoms with E-state index in [1.807, 2.05) is 6.92 Å². The first-order valence-corrected chi connectivity index (χ1v) is 6.53. The van der Waals surface area contributed by atoms with Crippen LogP contribution >= 0.6 is 0 Å². The van der Waals surface area contributed by atoms with Gasteiger partial charge in [0.1, 0.15) is 5.82 Å². The van der Waals surface area contributed by atoms with Gasteiger partial charge in [0.2, 0.25) is 5.82 Å². The maximum atomic E-state index is 11.8. The fourth-order valence-electron chi connectivity index (χ4n) is 1.74. The van der Waals surface area contributed by atoms with Gasteiger partial charge in [0.25, 0.3) is 11.6 Å². The molecule has 0 aliphatic rings. The zero-order valence-corrected chi connectivity index (χ0v) is 11.5. The van der Waals surface area contributed by atoms with Crippen LogP contribution in [0.2, 0.25) is 0 Å². The molecule has 2 N–H and O–H groups in total. The molecule has 1 aromatic carbocycles. The second-order valence-corrected chi connectivity index (χ2v) is 4.39. The largest absolute Gasteiger partial charge is 0.349 e. The number of non-ortho nitro benzene ring substituents is 1. The number of aromatic nitrogens is 3. The van der Waals surface area contributed by atoms with Gasteiger partial charge in [-0.05, 0) is 12.0 Å². The summed E-state index contributed by atoms with van der Waals surface area (Å²) in [6.07, 6.45) is 1.26. The van der Waals surface area contributed by atoms with Crippen LogP contribution in [0.15, 0.2) is 24.3 Å². The Kier molecular flexibility index (Phi) is 4.60. The number of aromatic amines is 1. The van der Waals surface area contributed by atoms with E-state index in [1.54, 1.807) is 12.1 Å². The summed E-state index contributed by atoms with van der Waals surface area (Å²) in [4.78, 5) is 25.9. The van der Waals surface area contributed by atoms with E-state index in [4.69, 9.17) is 0 Å². The normalized spacial score (nSPS) is 10.3. The number of nitro groups is 1. The number of rotatable bonds is 6. The lowest BCUT2D eigenvalue weighted by Crippen LogP contribution is -2.26. The molecule has 0 atom stereocenters. The first-order valence-electron chi connectivity index (χ1n) is 6.53. The number of hydrogen-bond donors (Lipinski definition) is 2. The van der Waals surface area contributed by atoms with E-state index in [9.17, 15) is 14.9 Å². The number of aryl methyl sites for hydroxylation is 1. The fraction of sp³-hybridized carbons (Fsp3) is 0.308. The highest BCUT2D eigenvalue weighted by Crippen LogP contribution is 2.11. The number of hydrogen-bond acceptors (Lipinski definition) is 5. The predicted molar refractivity (Wildman–Crippen MR) is 74.9 cm³/mol. The molecule has 0 unspecified atom stereocenters. The van der Waals surface area contributed by atoms with E-state index in [1.165, 1.54) is 12.1 Å². The highest BCUT2D eigenvalue weighted by atomic mass is 16.6. The van der Waals surface area contributed by atoms with Crippen molar-refractivity contribution >= 4 is 11.6 Å². The highest BCUT2D eigenvalue weighted by molar-refractivity contribution is 5.90. The third-order valence-electron chi connectivity index (χ3n) is 2.92. The molecule has 0 aliphatic heterocycles. The van der Waals surface area contributed by atoms with Crippen LogP contribution in [0.1, 0.15) is 28.9 Å². The van der Waals surface area contributed by atoms with E-state index in [0.717, 1.165) is 5.56 Å². The minimum Gasteiger partial charge on any atom is -0.349 e. The van der Waals surface area contributed by atoms with Crippen LogP contribution in [0.25, 0.3) is 0 Å². The van der Waals surface area contributed by atoms with E-state index in [2.05, 4.69) is 20.5 Å². The third-order valence-corrected chi connectivity index (χ3v) is 2.92. The number of nitrogens with one attached hydrogen (secondary N) is 2. The lowest BCUT2D eigenvalue weighted by molar-refractivity contribution is -0.384. The zero-order valence-electron chi connectivity index (χ0n) is 11.5. The molecule has 1 aromatic heterocycles. The molecular formula is C13H15N5O3. The number of H-pyrrole nitrogens is 1. The van der Waals surface area contributed by atoms with Crippen LogP contribution in [0.3, 0.4) is 0 Å². The minimum absolute atomic E-state index is 0.0515. The van der Waals surface area contributed by atoms with Gasteiger partial charge >= 0.3 is 0 Å². The van der Waals surface area contributed by atoms with Gasteiger partial charge in [-0.15, -0.1) is 5.10 Å². The lowest BCUT2D eigenvalue weighted by atomic mass is 10.1.